The Hall–Kier alpha value is -1.08. The SMILES string of the molecule is CCCNC(C=C(C)C)c1cc(C)ccc1C. The number of allylic oxidation sites excluding steroid dienone is 1. The maximum absolute atomic E-state index is 3.61. The Bertz CT molecular complexity index is 387. The second-order valence-electron chi connectivity index (χ2n) is 5.04. The minimum atomic E-state index is 0.347. The van der Waals surface area contributed by atoms with Crippen LogP contribution < -0.4 is 5.32 Å². The van der Waals surface area contributed by atoms with Gasteiger partial charge in [-0.1, -0.05) is 42.3 Å². The molecule has 94 valence electrons. The van der Waals surface area contributed by atoms with Crippen molar-refractivity contribution >= 4 is 0 Å². The van der Waals surface area contributed by atoms with Crippen LogP contribution in [0.1, 0.15) is 49.9 Å². The Morgan fingerprint density at radius 2 is 2.00 bits per heavy atom. The lowest BCUT2D eigenvalue weighted by molar-refractivity contribution is 0.607. The lowest BCUT2D eigenvalue weighted by Crippen LogP contribution is -2.21. The van der Waals surface area contributed by atoms with Crippen molar-refractivity contribution in [3.63, 3.8) is 0 Å². The molecule has 1 atom stereocenters. The third kappa shape index (κ3) is 4.35. The molecule has 1 heteroatoms. The van der Waals surface area contributed by atoms with Gasteiger partial charge < -0.3 is 5.32 Å². The highest BCUT2D eigenvalue weighted by molar-refractivity contribution is 5.35. The van der Waals surface area contributed by atoms with Gasteiger partial charge in [-0.15, -0.1) is 0 Å². The van der Waals surface area contributed by atoms with E-state index in [1.807, 2.05) is 0 Å². The largest absolute Gasteiger partial charge is 0.307 e. The topological polar surface area (TPSA) is 12.0 Å². The van der Waals surface area contributed by atoms with Crippen molar-refractivity contribution in [3.05, 3.63) is 46.5 Å². The van der Waals surface area contributed by atoms with Crippen LogP contribution in [-0.4, -0.2) is 6.54 Å². The van der Waals surface area contributed by atoms with E-state index in [1.54, 1.807) is 0 Å². The predicted molar refractivity (Wildman–Crippen MR) is 76.4 cm³/mol. The Morgan fingerprint density at radius 1 is 1.29 bits per heavy atom. The first-order valence-corrected chi connectivity index (χ1v) is 6.50. The summed E-state index contributed by atoms with van der Waals surface area (Å²) in [6.07, 6.45) is 3.48. The smallest absolute Gasteiger partial charge is 0.0511 e. The molecule has 1 aromatic rings. The molecule has 1 unspecified atom stereocenters. The van der Waals surface area contributed by atoms with Crippen LogP contribution in [0.4, 0.5) is 0 Å². The van der Waals surface area contributed by atoms with Crippen molar-refractivity contribution in [3.8, 4) is 0 Å². The fourth-order valence-electron chi connectivity index (χ4n) is 1.99. The normalized spacial score (nSPS) is 12.3. The molecule has 0 aliphatic rings. The Labute approximate surface area is 106 Å². The molecule has 0 saturated heterocycles. The van der Waals surface area contributed by atoms with E-state index >= 15 is 0 Å². The highest BCUT2D eigenvalue weighted by Gasteiger charge is 2.10. The molecule has 1 N–H and O–H groups in total. The number of nitrogens with one attached hydrogen (secondary N) is 1. The predicted octanol–water partition coefficient (Wildman–Crippen LogP) is 4.31. The minimum absolute atomic E-state index is 0.347. The first-order valence-electron chi connectivity index (χ1n) is 6.50. The lowest BCUT2D eigenvalue weighted by Gasteiger charge is -2.19. The van der Waals surface area contributed by atoms with E-state index in [-0.39, 0.29) is 0 Å². The molecule has 0 bridgehead atoms. The zero-order valence-corrected chi connectivity index (χ0v) is 11.8. The Kier molecular flexibility index (Phi) is 5.43. The van der Waals surface area contributed by atoms with E-state index in [0.29, 0.717) is 6.04 Å². The van der Waals surface area contributed by atoms with Crippen LogP contribution in [0.25, 0.3) is 0 Å². The van der Waals surface area contributed by atoms with Crippen molar-refractivity contribution in [2.75, 3.05) is 6.54 Å². The summed E-state index contributed by atoms with van der Waals surface area (Å²) in [4.78, 5) is 0. The van der Waals surface area contributed by atoms with Crippen molar-refractivity contribution < 1.29 is 0 Å². The van der Waals surface area contributed by atoms with Crippen LogP contribution >= 0.6 is 0 Å². The molecule has 0 radical (unpaired) electrons. The summed E-state index contributed by atoms with van der Waals surface area (Å²) in [5, 5.41) is 3.61. The highest BCUT2D eigenvalue weighted by atomic mass is 14.9. The molecule has 0 spiro atoms. The van der Waals surface area contributed by atoms with Gasteiger partial charge in [0.1, 0.15) is 0 Å². The van der Waals surface area contributed by atoms with Gasteiger partial charge in [0.05, 0.1) is 6.04 Å². The van der Waals surface area contributed by atoms with Gasteiger partial charge in [0.25, 0.3) is 0 Å². The summed E-state index contributed by atoms with van der Waals surface area (Å²) >= 11 is 0. The first-order chi connectivity index (χ1) is 8.04. The maximum Gasteiger partial charge on any atom is 0.0511 e. The van der Waals surface area contributed by atoms with E-state index in [2.05, 4.69) is 64.2 Å². The molecule has 17 heavy (non-hydrogen) atoms. The molecule has 0 heterocycles. The molecule has 0 aromatic heterocycles. The summed E-state index contributed by atoms with van der Waals surface area (Å²) in [6, 6.07) is 7.03. The molecular formula is C16H25N. The van der Waals surface area contributed by atoms with E-state index in [1.165, 1.54) is 22.3 Å². The number of aryl methyl sites for hydroxylation is 2. The third-order valence-electron chi connectivity index (χ3n) is 2.88. The molecule has 0 aliphatic carbocycles. The molecule has 1 aromatic carbocycles. The summed E-state index contributed by atoms with van der Waals surface area (Å²) in [5.74, 6) is 0. The highest BCUT2D eigenvalue weighted by Crippen LogP contribution is 2.21. The van der Waals surface area contributed by atoms with Gasteiger partial charge in [0, 0.05) is 0 Å². The van der Waals surface area contributed by atoms with Crippen molar-refractivity contribution in [1.82, 2.24) is 5.32 Å². The monoisotopic (exact) mass is 231 g/mol. The minimum Gasteiger partial charge on any atom is -0.307 e. The average molecular weight is 231 g/mol. The zero-order valence-electron chi connectivity index (χ0n) is 11.8. The van der Waals surface area contributed by atoms with Gasteiger partial charge in [0.15, 0.2) is 0 Å². The number of benzene rings is 1. The van der Waals surface area contributed by atoms with Crippen molar-refractivity contribution in [2.45, 2.75) is 47.1 Å². The summed E-state index contributed by atoms with van der Waals surface area (Å²) in [5.41, 5.74) is 5.46. The Balaban J connectivity index is 3.03. The molecule has 1 rings (SSSR count). The number of hydrogen-bond donors (Lipinski definition) is 1. The van der Waals surface area contributed by atoms with Gasteiger partial charge in [-0.3, -0.25) is 0 Å². The number of rotatable bonds is 5. The van der Waals surface area contributed by atoms with Crippen LogP contribution in [0.15, 0.2) is 29.8 Å². The van der Waals surface area contributed by atoms with E-state index in [4.69, 9.17) is 0 Å². The van der Waals surface area contributed by atoms with Crippen molar-refractivity contribution in [1.29, 1.82) is 0 Å². The second kappa shape index (κ2) is 6.61. The molecule has 1 nitrogen and oxygen atoms in total. The van der Waals surface area contributed by atoms with Crippen molar-refractivity contribution in [2.24, 2.45) is 0 Å². The summed E-state index contributed by atoms with van der Waals surface area (Å²) in [6.45, 7) is 11.9. The molecular weight excluding hydrogens is 206 g/mol. The van der Waals surface area contributed by atoms with Gasteiger partial charge in [-0.2, -0.15) is 0 Å². The average Bonchev–Trinajstić information content (AvgIpc) is 2.27. The van der Waals surface area contributed by atoms with Crippen LogP contribution in [0.2, 0.25) is 0 Å². The standard InChI is InChI=1S/C16H25N/c1-6-9-17-16(10-12(2)3)15-11-13(4)7-8-14(15)5/h7-8,10-11,16-17H,6,9H2,1-5H3. The second-order valence-corrected chi connectivity index (χ2v) is 5.04. The van der Waals surface area contributed by atoms with Crippen LogP contribution in [-0.2, 0) is 0 Å². The maximum atomic E-state index is 3.61. The van der Waals surface area contributed by atoms with E-state index in [0.717, 1.165) is 13.0 Å². The van der Waals surface area contributed by atoms with Crippen LogP contribution in [0, 0.1) is 13.8 Å². The van der Waals surface area contributed by atoms with Gasteiger partial charge >= 0.3 is 0 Å². The fraction of sp³-hybridized carbons (Fsp3) is 0.500. The molecule has 0 amide bonds. The number of hydrogen-bond acceptors (Lipinski definition) is 1. The Morgan fingerprint density at radius 3 is 2.59 bits per heavy atom. The lowest BCUT2D eigenvalue weighted by atomic mass is 9.97. The quantitative estimate of drug-likeness (QED) is 0.745. The molecule has 0 fully saturated rings. The third-order valence-corrected chi connectivity index (χ3v) is 2.88. The van der Waals surface area contributed by atoms with Gasteiger partial charge in [-0.05, 0) is 51.8 Å². The van der Waals surface area contributed by atoms with Crippen LogP contribution in [0.3, 0.4) is 0 Å². The summed E-state index contributed by atoms with van der Waals surface area (Å²) < 4.78 is 0. The van der Waals surface area contributed by atoms with Crippen LogP contribution in [0.5, 0.6) is 0 Å². The first kappa shape index (κ1) is 14.0. The van der Waals surface area contributed by atoms with Gasteiger partial charge in [0.2, 0.25) is 0 Å². The van der Waals surface area contributed by atoms with E-state index < -0.39 is 0 Å². The fourth-order valence-corrected chi connectivity index (χ4v) is 1.99. The van der Waals surface area contributed by atoms with Gasteiger partial charge in [-0.25, -0.2) is 0 Å². The molecule has 0 aliphatic heterocycles. The summed E-state index contributed by atoms with van der Waals surface area (Å²) in [7, 11) is 0. The van der Waals surface area contributed by atoms with E-state index in [9.17, 15) is 0 Å². The zero-order chi connectivity index (χ0) is 12.8. The molecule has 0 saturated carbocycles.